The Bertz CT molecular complexity index is 709. The Kier molecular flexibility index (Phi) is 4.81. The Morgan fingerprint density at radius 1 is 1.17 bits per heavy atom. The molecule has 5 heteroatoms. The summed E-state index contributed by atoms with van der Waals surface area (Å²) in [6, 6.07) is 12.0. The summed E-state index contributed by atoms with van der Waals surface area (Å²) in [5.41, 5.74) is 9.68. The molecule has 1 unspecified atom stereocenters. The highest BCUT2D eigenvalue weighted by molar-refractivity contribution is 5.73. The van der Waals surface area contributed by atoms with Gasteiger partial charge in [0.15, 0.2) is 0 Å². The molecule has 2 heterocycles. The van der Waals surface area contributed by atoms with Gasteiger partial charge in [-0.1, -0.05) is 30.3 Å². The predicted octanol–water partition coefficient (Wildman–Crippen LogP) is 2.11. The van der Waals surface area contributed by atoms with E-state index in [2.05, 4.69) is 22.9 Å². The normalized spacial score (nSPS) is 16.1. The number of hydrogen-bond donors (Lipinski definition) is 1. The third-order valence-corrected chi connectivity index (χ3v) is 4.68. The zero-order chi connectivity index (χ0) is 17.1. The maximum absolute atomic E-state index is 11.4. The number of benzene rings is 1. The first-order chi connectivity index (χ1) is 11.6. The average Bonchev–Trinajstić information content (AvgIpc) is 2.62. The van der Waals surface area contributed by atoms with E-state index >= 15 is 0 Å². The van der Waals surface area contributed by atoms with Gasteiger partial charge in [0.2, 0.25) is 5.91 Å². The van der Waals surface area contributed by atoms with Gasteiger partial charge in [-0.25, -0.2) is 4.98 Å². The number of carbonyl (C=O) groups excluding carboxylic acids is 1. The van der Waals surface area contributed by atoms with E-state index < -0.39 is 0 Å². The molecule has 1 aromatic carbocycles. The smallest absolute Gasteiger partial charge is 0.219 e. The van der Waals surface area contributed by atoms with Gasteiger partial charge in [-0.3, -0.25) is 4.79 Å². The fourth-order valence-corrected chi connectivity index (χ4v) is 3.14. The molecule has 1 aliphatic heterocycles. The Morgan fingerprint density at radius 3 is 2.42 bits per heavy atom. The third kappa shape index (κ3) is 3.41. The molecule has 1 saturated heterocycles. The van der Waals surface area contributed by atoms with Crippen LogP contribution in [0.3, 0.4) is 0 Å². The summed E-state index contributed by atoms with van der Waals surface area (Å²) < 4.78 is 0. The monoisotopic (exact) mass is 324 g/mol. The Balaban J connectivity index is 1.75. The molecule has 1 amide bonds. The van der Waals surface area contributed by atoms with Crippen LogP contribution in [0.2, 0.25) is 0 Å². The van der Waals surface area contributed by atoms with Crippen LogP contribution in [0, 0.1) is 6.92 Å². The molecule has 1 atom stereocenters. The minimum absolute atomic E-state index is 0.142. The van der Waals surface area contributed by atoms with Gasteiger partial charge in [-0.2, -0.15) is 0 Å². The van der Waals surface area contributed by atoms with E-state index in [-0.39, 0.29) is 11.9 Å². The summed E-state index contributed by atoms with van der Waals surface area (Å²) in [5, 5.41) is 0. The highest BCUT2D eigenvalue weighted by Gasteiger charge is 2.20. The summed E-state index contributed by atoms with van der Waals surface area (Å²) in [7, 11) is 0. The zero-order valence-corrected chi connectivity index (χ0v) is 14.3. The van der Waals surface area contributed by atoms with Crippen LogP contribution in [0.5, 0.6) is 0 Å². The second-order valence-corrected chi connectivity index (χ2v) is 6.28. The summed E-state index contributed by atoms with van der Waals surface area (Å²) in [5.74, 6) is 1.10. The van der Waals surface area contributed by atoms with Crippen molar-refractivity contribution in [3.8, 4) is 0 Å². The molecule has 0 radical (unpaired) electrons. The quantitative estimate of drug-likeness (QED) is 0.939. The van der Waals surface area contributed by atoms with Crippen molar-refractivity contribution in [2.24, 2.45) is 5.73 Å². The van der Waals surface area contributed by atoms with E-state index in [0.717, 1.165) is 48.7 Å². The lowest BCUT2D eigenvalue weighted by Gasteiger charge is -2.35. The van der Waals surface area contributed by atoms with Crippen LogP contribution in [-0.4, -0.2) is 42.0 Å². The van der Waals surface area contributed by atoms with Crippen LogP contribution in [0.4, 0.5) is 5.82 Å². The first kappa shape index (κ1) is 16.5. The molecule has 2 aromatic rings. The van der Waals surface area contributed by atoms with Gasteiger partial charge in [0, 0.05) is 39.3 Å². The molecule has 5 nitrogen and oxygen atoms in total. The van der Waals surface area contributed by atoms with Gasteiger partial charge >= 0.3 is 0 Å². The number of nitrogens with zero attached hydrogens (tertiary/aromatic N) is 3. The summed E-state index contributed by atoms with van der Waals surface area (Å²) in [6.07, 6.45) is 1.89. The van der Waals surface area contributed by atoms with Gasteiger partial charge in [0.25, 0.3) is 0 Å². The minimum atomic E-state index is -0.165. The maximum atomic E-state index is 11.4. The average molecular weight is 324 g/mol. The number of nitrogens with two attached hydrogens (primary N) is 1. The second-order valence-electron chi connectivity index (χ2n) is 6.28. The first-order valence-electron chi connectivity index (χ1n) is 8.34. The van der Waals surface area contributed by atoms with Crippen LogP contribution >= 0.6 is 0 Å². The fraction of sp³-hybridized carbons (Fsp3) is 0.368. The van der Waals surface area contributed by atoms with E-state index in [0.29, 0.717) is 0 Å². The molecular weight excluding hydrogens is 300 g/mol. The van der Waals surface area contributed by atoms with E-state index in [4.69, 9.17) is 5.73 Å². The van der Waals surface area contributed by atoms with Gasteiger partial charge in [0.1, 0.15) is 5.82 Å². The summed E-state index contributed by atoms with van der Waals surface area (Å²) in [6.45, 7) is 6.84. The predicted molar refractivity (Wildman–Crippen MR) is 95.9 cm³/mol. The molecule has 1 aliphatic rings. The van der Waals surface area contributed by atoms with Crippen molar-refractivity contribution in [2.75, 3.05) is 31.1 Å². The van der Waals surface area contributed by atoms with E-state index in [9.17, 15) is 4.79 Å². The van der Waals surface area contributed by atoms with Crippen molar-refractivity contribution in [3.05, 3.63) is 59.3 Å². The number of rotatable bonds is 3. The molecular formula is C19H24N4O. The maximum Gasteiger partial charge on any atom is 0.219 e. The second kappa shape index (κ2) is 7.01. The molecule has 0 bridgehead atoms. The summed E-state index contributed by atoms with van der Waals surface area (Å²) >= 11 is 0. The van der Waals surface area contributed by atoms with Crippen molar-refractivity contribution < 1.29 is 4.79 Å². The van der Waals surface area contributed by atoms with Gasteiger partial charge in [-0.15, -0.1) is 0 Å². The Morgan fingerprint density at radius 2 is 1.83 bits per heavy atom. The van der Waals surface area contributed by atoms with Crippen LogP contribution in [-0.2, 0) is 4.79 Å². The molecule has 126 valence electrons. The molecule has 24 heavy (non-hydrogen) atoms. The number of amides is 1. The molecule has 0 saturated carbocycles. The van der Waals surface area contributed by atoms with E-state index in [1.807, 2.05) is 41.4 Å². The Hall–Kier alpha value is -2.40. The number of hydrogen-bond acceptors (Lipinski definition) is 4. The molecule has 1 fully saturated rings. The minimum Gasteiger partial charge on any atom is -0.353 e. The number of anilines is 1. The standard InChI is InChI=1S/C19H24N4O/c1-14-12-18(23-10-8-22(9-11-23)15(2)24)21-13-17(14)19(20)16-6-4-3-5-7-16/h3-7,12-13,19H,8-11,20H2,1-2H3. The number of piperazine rings is 1. The topological polar surface area (TPSA) is 62.5 Å². The SMILES string of the molecule is CC(=O)N1CCN(c2cc(C)c(C(N)c3ccccc3)cn2)CC1. The van der Waals surface area contributed by atoms with Gasteiger partial charge in [0.05, 0.1) is 6.04 Å². The lowest BCUT2D eigenvalue weighted by molar-refractivity contribution is -0.129. The van der Waals surface area contributed by atoms with Crippen molar-refractivity contribution in [2.45, 2.75) is 19.9 Å². The van der Waals surface area contributed by atoms with Crippen molar-refractivity contribution >= 4 is 11.7 Å². The lowest BCUT2D eigenvalue weighted by Crippen LogP contribution is -2.48. The number of carbonyl (C=O) groups is 1. The zero-order valence-electron chi connectivity index (χ0n) is 14.3. The van der Waals surface area contributed by atoms with E-state index in [1.54, 1.807) is 6.92 Å². The van der Waals surface area contributed by atoms with E-state index in [1.165, 1.54) is 0 Å². The van der Waals surface area contributed by atoms with Crippen LogP contribution in [0.15, 0.2) is 42.6 Å². The summed E-state index contributed by atoms with van der Waals surface area (Å²) in [4.78, 5) is 20.2. The Labute approximate surface area is 143 Å². The largest absolute Gasteiger partial charge is 0.353 e. The number of aromatic nitrogens is 1. The van der Waals surface area contributed by atoms with Crippen molar-refractivity contribution in [1.82, 2.24) is 9.88 Å². The van der Waals surface area contributed by atoms with Crippen LogP contribution in [0.25, 0.3) is 0 Å². The first-order valence-corrected chi connectivity index (χ1v) is 8.34. The van der Waals surface area contributed by atoms with Crippen molar-refractivity contribution in [3.63, 3.8) is 0 Å². The van der Waals surface area contributed by atoms with Gasteiger partial charge < -0.3 is 15.5 Å². The van der Waals surface area contributed by atoms with Crippen LogP contribution < -0.4 is 10.6 Å². The molecule has 2 N–H and O–H groups in total. The molecule has 1 aromatic heterocycles. The molecule has 0 aliphatic carbocycles. The third-order valence-electron chi connectivity index (χ3n) is 4.68. The highest BCUT2D eigenvalue weighted by Crippen LogP contribution is 2.25. The van der Waals surface area contributed by atoms with Gasteiger partial charge in [-0.05, 0) is 29.7 Å². The molecule has 3 rings (SSSR count). The fourth-order valence-electron chi connectivity index (χ4n) is 3.14. The van der Waals surface area contributed by atoms with Crippen LogP contribution in [0.1, 0.15) is 29.7 Å². The molecule has 0 spiro atoms. The number of aryl methyl sites for hydroxylation is 1. The van der Waals surface area contributed by atoms with Crippen molar-refractivity contribution in [1.29, 1.82) is 0 Å². The highest BCUT2D eigenvalue weighted by atomic mass is 16.2. The lowest BCUT2D eigenvalue weighted by atomic mass is 9.97. The number of pyridine rings is 1.